The SMILES string of the molecule is c1ccc(-c2cccc(N(c3ccc4sc5ccccc5c4c3)c3cccc4sc5cc(N(c6ccccc6)c6ccccc6)ccc5c34)c2)cc1. The number of nitrogens with zero attached hydrogens (tertiary/aromatic N) is 2. The molecule has 10 rings (SSSR count). The predicted octanol–water partition coefficient (Wildman–Crippen LogP) is 15.0. The van der Waals surface area contributed by atoms with Crippen molar-refractivity contribution in [2.24, 2.45) is 0 Å². The quantitative estimate of drug-likeness (QED) is 0.163. The van der Waals surface area contributed by atoms with E-state index in [2.05, 4.69) is 204 Å². The third-order valence-corrected chi connectivity index (χ3v) is 12.1. The molecule has 0 fully saturated rings. The molecule has 0 spiro atoms. The Morgan fingerprint density at radius 1 is 0.288 bits per heavy atom. The van der Waals surface area contributed by atoms with Gasteiger partial charge in [0.25, 0.3) is 0 Å². The van der Waals surface area contributed by atoms with E-state index in [4.69, 9.17) is 0 Å². The van der Waals surface area contributed by atoms with Gasteiger partial charge in [-0.25, -0.2) is 0 Å². The van der Waals surface area contributed by atoms with Crippen molar-refractivity contribution in [3.63, 3.8) is 0 Å². The number of benzene rings is 8. The van der Waals surface area contributed by atoms with Gasteiger partial charge in [-0.2, -0.15) is 0 Å². The van der Waals surface area contributed by atoms with Crippen LogP contribution >= 0.6 is 22.7 Å². The summed E-state index contributed by atoms with van der Waals surface area (Å²) in [5.41, 5.74) is 9.25. The first-order chi connectivity index (χ1) is 25.8. The summed E-state index contributed by atoms with van der Waals surface area (Å²) < 4.78 is 5.14. The molecular weight excluding hydrogens is 669 g/mol. The van der Waals surface area contributed by atoms with Gasteiger partial charge in [0.2, 0.25) is 0 Å². The molecule has 8 aromatic carbocycles. The summed E-state index contributed by atoms with van der Waals surface area (Å²) in [5.74, 6) is 0. The van der Waals surface area contributed by atoms with E-state index in [1.165, 1.54) is 57.2 Å². The Kier molecular flexibility index (Phi) is 7.56. The highest BCUT2D eigenvalue weighted by Gasteiger charge is 2.21. The fourth-order valence-corrected chi connectivity index (χ4v) is 9.70. The second-order valence-electron chi connectivity index (χ2n) is 13.0. The normalized spacial score (nSPS) is 11.5. The molecule has 0 aliphatic heterocycles. The van der Waals surface area contributed by atoms with Gasteiger partial charge in [-0.1, -0.05) is 109 Å². The maximum absolute atomic E-state index is 2.46. The number of hydrogen-bond acceptors (Lipinski definition) is 4. The van der Waals surface area contributed by atoms with Crippen LogP contribution in [0.25, 0.3) is 51.5 Å². The molecule has 0 saturated carbocycles. The molecule has 0 unspecified atom stereocenters. The third-order valence-electron chi connectivity index (χ3n) is 9.82. The Bertz CT molecular complexity index is 2820. The van der Waals surface area contributed by atoms with E-state index in [1.807, 2.05) is 22.7 Å². The summed E-state index contributed by atoms with van der Waals surface area (Å²) in [6, 6.07) is 70.3. The van der Waals surface area contributed by atoms with Crippen LogP contribution in [-0.4, -0.2) is 0 Å². The summed E-state index contributed by atoms with van der Waals surface area (Å²) in [6.07, 6.45) is 0. The van der Waals surface area contributed by atoms with Gasteiger partial charge in [-0.15, -0.1) is 22.7 Å². The fraction of sp³-hybridized carbons (Fsp3) is 0. The Hall–Kier alpha value is -6.20. The van der Waals surface area contributed by atoms with Crippen molar-refractivity contribution in [2.75, 3.05) is 9.80 Å². The first-order valence-electron chi connectivity index (χ1n) is 17.5. The molecular formula is C48H32N2S2. The van der Waals surface area contributed by atoms with Crippen LogP contribution in [-0.2, 0) is 0 Å². The molecule has 4 heteroatoms. The van der Waals surface area contributed by atoms with Crippen LogP contribution < -0.4 is 9.80 Å². The number of thiophene rings is 2. The maximum atomic E-state index is 2.46. The molecule has 0 atom stereocenters. The van der Waals surface area contributed by atoms with Gasteiger partial charge < -0.3 is 9.80 Å². The van der Waals surface area contributed by atoms with Crippen molar-refractivity contribution in [1.82, 2.24) is 0 Å². The predicted molar refractivity (Wildman–Crippen MR) is 227 cm³/mol. The second-order valence-corrected chi connectivity index (χ2v) is 15.1. The van der Waals surface area contributed by atoms with Crippen LogP contribution in [0.3, 0.4) is 0 Å². The summed E-state index contributed by atoms with van der Waals surface area (Å²) in [6.45, 7) is 0. The minimum Gasteiger partial charge on any atom is -0.310 e. The monoisotopic (exact) mass is 700 g/mol. The molecule has 10 aromatic rings. The van der Waals surface area contributed by atoms with Crippen LogP contribution in [0.1, 0.15) is 0 Å². The number of fused-ring (bicyclic) bond motifs is 6. The molecule has 2 aromatic heterocycles. The van der Waals surface area contributed by atoms with Gasteiger partial charge in [0.15, 0.2) is 0 Å². The number of anilines is 6. The summed E-state index contributed by atoms with van der Waals surface area (Å²) in [5, 5.41) is 5.11. The Labute approximate surface area is 310 Å². The van der Waals surface area contributed by atoms with E-state index < -0.39 is 0 Å². The summed E-state index contributed by atoms with van der Waals surface area (Å²) >= 11 is 3.72. The first-order valence-corrected chi connectivity index (χ1v) is 19.1. The summed E-state index contributed by atoms with van der Waals surface area (Å²) in [4.78, 5) is 4.80. The molecule has 0 N–H and O–H groups in total. The van der Waals surface area contributed by atoms with Crippen molar-refractivity contribution in [3.05, 3.63) is 194 Å². The second kappa shape index (κ2) is 12.8. The highest BCUT2D eigenvalue weighted by molar-refractivity contribution is 7.26. The number of para-hydroxylation sites is 2. The Morgan fingerprint density at radius 2 is 0.846 bits per heavy atom. The molecule has 0 bridgehead atoms. The Morgan fingerprint density at radius 3 is 1.63 bits per heavy atom. The molecule has 246 valence electrons. The molecule has 0 amide bonds. The van der Waals surface area contributed by atoms with E-state index in [0.717, 1.165) is 28.4 Å². The van der Waals surface area contributed by atoms with Gasteiger partial charge in [0.05, 0.1) is 5.69 Å². The minimum absolute atomic E-state index is 1.13. The molecule has 0 saturated heterocycles. The maximum Gasteiger partial charge on any atom is 0.0554 e. The smallest absolute Gasteiger partial charge is 0.0554 e. The van der Waals surface area contributed by atoms with Crippen molar-refractivity contribution < 1.29 is 0 Å². The summed E-state index contributed by atoms with van der Waals surface area (Å²) in [7, 11) is 0. The van der Waals surface area contributed by atoms with Crippen LogP contribution in [0.2, 0.25) is 0 Å². The van der Waals surface area contributed by atoms with Gasteiger partial charge >= 0.3 is 0 Å². The van der Waals surface area contributed by atoms with Crippen LogP contribution in [0.4, 0.5) is 34.1 Å². The zero-order valence-electron chi connectivity index (χ0n) is 28.2. The minimum atomic E-state index is 1.13. The molecule has 2 nitrogen and oxygen atoms in total. The molecule has 2 heterocycles. The van der Waals surface area contributed by atoms with Gasteiger partial charge in [0, 0.05) is 68.8 Å². The van der Waals surface area contributed by atoms with Crippen LogP contribution in [0.15, 0.2) is 194 Å². The lowest BCUT2D eigenvalue weighted by molar-refractivity contribution is 1.29. The molecule has 0 aliphatic carbocycles. The van der Waals surface area contributed by atoms with Gasteiger partial charge in [-0.3, -0.25) is 0 Å². The Balaban J connectivity index is 1.18. The zero-order valence-corrected chi connectivity index (χ0v) is 29.8. The topological polar surface area (TPSA) is 6.48 Å². The molecule has 0 radical (unpaired) electrons. The van der Waals surface area contributed by atoms with Crippen molar-refractivity contribution in [1.29, 1.82) is 0 Å². The lowest BCUT2D eigenvalue weighted by Crippen LogP contribution is -2.10. The van der Waals surface area contributed by atoms with E-state index in [0.29, 0.717) is 0 Å². The van der Waals surface area contributed by atoms with Crippen molar-refractivity contribution in [3.8, 4) is 11.1 Å². The zero-order chi connectivity index (χ0) is 34.4. The standard InChI is InChI=1S/C48H32N2S2/c1-4-14-33(15-5-1)34-16-12-21-37(30-34)50(38-27-29-45-42(31-38)40-22-10-11-24-44(40)51-45)43-23-13-25-46-48(43)41-28-26-39(32-47(41)52-46)49(35-17-6-2-7-18-35)36-19-8-3-9-20-36/h1-32H. The lowest BCUT2D eigenvalue weighted by atomic mass is 10.0. The van der Waals surface area contributed by atoms with E-state index in [-0.39, 0.29) is 0 Å². The van der Waals surface area contributed by atoms with Crippen molar-refractivity contribution in [2.45, 2.75) is 0 Å². The van der Waals surface area contributed by atoms with Crippen LogP contribution in [0, 0.1) is 0 Å². The van der Waals surface area contributed by atoms with E-state index in [1.54, 1.807) is 0 Å². The third kappa shape index (κ3) is 5.32. The number of rotatable bonds is 7. The average Bonchev–Trinajstić information content (AvgIpc) is 3.78. The van der Waals surface area contributed by atoms with E-state index in [9.17, 15) is 0 Å². The van der Waals surface area contributed by atoms with Crippen molar-refractivity contribution >= 4 is 97.1 Å². The first kappa shape index (κ1) is 30.6. The van der Waals surface area contributed by atoms with Crippen LogP contribution in [0.5, 0.6) is 0 Å². The van der Waals surface area contributed by atoms with Gasteiger partial charge in [0.1, 0.15) is 0 Å². The highest BCUT2D eigenvalue weighted by Crippen LogP contribution is 2.48. The molecule has 0 aliphatic rings. The number of hydrogen-bond donors (Lipinski definition) is 0. The lowest BCUT2D eigenvalue weighted by Gasteiger charge is -2.27. The largest absolute Gasteiger partial charge is 0.310 e. The fourth-order valence-electron chi connectivity index (χ4n) is 7.46. The average molecular weight is 701 g/mol. The van der Waals surface area contributed by atoms with Gasteiger partial charge in [-0.05, 0) is 96.1 Å². The highest BCUT2D eigenvalue weighted by atomic mass is 32.1. The van der Waals surface area contributed by atoms with E-state index >= 15 is 0 Å². The molecule has 52 heavy (non-hydrogen) atoms.